The number of nitrogens with one attached hydrogen (secondary N) is 2. The topological polar surface area (TPSA) is 59.0 Å². The van der Waals surface area contributed by atoms with Crippen molar-refractivity contribution in [2.75, 3.05) is 18.4 Å². The highest BCUT2D eigenvalue weighted by molar-refractivity contribution is 6.33. The molecule has 2 N–H and O–H groups in total. The molecule has 0 aromatic carbocycles. The number of halogens is 1. The van der Waals surface area contributed by atoms with Gasteiger partial charge in [-0.05, 0) is 38.6 Å². The minimum Gasteiger partial charge on any atom is -0.373 e. The highest BCUT2D eigenvalue weighted by atomic mass is 35.5. The van der Waals surface area contributed by atoms with Crippen molar-refractivity contribution in [3.05, 3.63) is 21.6 Å². The molecule has 104 valence electrons. The fourth-order valence-electron chi connectivity index (χ4n) is 2.48. The summed E-state index contributed by atoms with van der Waals surface area (Å²) in [5, 5.41) is 11.2. The van der Waals surface area contributed by atoms with Gasteiger partial charge in [0.05, 0.1) is 11.2 Å². The van der Waals surface area contributed by atoms with Crippen molar-refractivity contribution in [3.8, 4) is 0 Å². The van der Waals surface area contributed by atoms with Crippen molar-refractivity contribution in [3.63, 3.8) is 0 Å². The number of nitrogens with zero attached hydrogens (tertiary/aromatic N) is 2. The zero-order chi connectivity index (χ0) is 13.5. The summed E-state index contributed by atoms with van der Waals surface area (Å²) in [4.78, 5) is 12.4. The van der Waals surface area contributed by atoms with E-state index in [-0.39, 0.29) is 11.1 Å². The minimum atomic E-state index is -0.110. The lowest BCUT2D eigenvalue weighted by atomic mass is 10.0. The molecule has 1 aliphatic heterocycles. The molecule has 2 heterocycles. The van der Waals surface area contributed by atoms with Crippen LogP contribution in [0.2, 0.25) is 5.02 Å². The average Bonchev–Trinajstić information content (AvgIpc) is 3.10. The van der Waals surface area contributed by atoms with Crippen molar-refractivity contribution in [2.24, 2.45) is 5.92 Å². The summed E-state index contributed by atoms with van der Waals surface area (Å²) >= 11 is 6.14. The Morgan fingerprint density at radius 2 is 2.42 bits per heavy atom. The molecule has 1 aliphatic carbocycles. The molecule has 1 saturated heterocycles. The van der Waals surface area contributed by atoms with Gasteiger partial charge in [-0.3, -0.25) is 4.79 Å². The van der Waals surface area contributed by atoms with Crippen molar-refractivity contribution in [1.29, 1.82) is 0 Å². The maximum atomic E-state index is 12.4. The number of rotatable bonds is 4. The molecule has 3 rings (SSSR count). The second kappa shape index (κ2) is 4.80. The lowest BCUT2D eigenvalue weighted by Gasteiger charge is -2.26. The first-order chi connectivity index (χ1) is 9.07. The molecule has 1 atom stereocenters. The van der Waals surface area contributed by atoms with Crippen LogP contribution >= 0.6 is 11.6 Å². The molecular formula is C13H19ClN4O. The summed E-state index contributed by atoms with van der Waals surface area (Å²) < 4.78 is 1.54. The third-order valence-electron chi connectivity index (χ3n) is 3.92. The maximum Gasteiger partial charge on any atom is 0.291 e. The summed E-state index contributed by atoms with van der Waals surface area (Å²) in [6.45, 7) is 4.62. The number of hydrogen-bond donors (Lipinski definition) is 2. The van der Waals surface area contributed by atoms with Gasteiger partial charge in [-0.25, -0.2) is 4.68 Å². The Morgan fingerprint density at radius 3 is 3.05 bits per heavy atom. The predicted octanol–water partition coefficient (Wildman–Crippen LogP) is 1.47. The normalized spacial score (nSPS) is 26.6. The quantitative estimate of drug-likeness (QED) is 0.878. The molecule has 6 heteroatoms. The molecule has 0 spiro atoms. The first-order valence-corrected chi connectivity index (χ1v) is 7.20. The summed E-state index contributed by atoms with van der Waals surface area (Å²) in [6.07, 6.45) is 4.94. The molecule has 1 aromatic rings. The first-order valence-electron chi connectivity index (χ1n) is 6.82. The van der Waals surface area contributed by atoms with Crippen LogP contribution in [0.1, 0.15) is 26.2 Å². The second-order valence-corrected chi connectivity index (χ2v) is 6.32. The van der Waals surface area contributed by atoms with Gasteiger partial charge in [0.2, 0.25) is 0 Å². The van der Waals surface area contributed by atoms with E-state index in [0.717, 1.165) is 19.5 Å². The van der Waals surface area contributed by atoms with Crippen LogP contribution in [-0.2, 0) is 6.54 Å². The lowest BCUT2D eigenvalue weighted by molar-refractivity contribution is 0.526. The van der Waals surface area contributed by atoms with E-state index in [1.807, 2.05) is 0 Å². The van der Waals surface area contributed by atoms with E-state index in [4.69, 9.17) is 11.6 Å². The first kappa shape index (κ1) is 12.9. The largest absolute Gasteiger partial charge is 0.373 e. The van der Waals surface area contributed by atoms with Crippen LogP contribution in [0, 0.1) is 5.92 Å². The molecule has 1 aromatic heterocycles. The van der Waals surface area contributed by atoms with Crippen molar-refractivity contribution >= 4 is 17.3 Å². The highest BCUT2D eigenvalue weighted by Gasteiger charge is 2.30. The Labute approximate surface area is 117 Å². The van der Waals surface area contributed by atoms with Crippen LogP contribution < -0.4 is 16.2 Å². The van der Waals surface area contributed by atoms with E-state index in [1.54, 1.807) is 6.20 Å². The minimum absolute atomic E-state index is 0.104. The van der Waals surface area contributed by atoms with Gasteiger partial charge in [-0.2, -0.15) is 5.10 Å². The molecule has 0 radical (unpaired) electrons. The van der Waals surface area contributed by atoms with Gasteiger partial charge in [-0.1, -0.05) is 11.6 Å². The van der Waals surface area contributed by atoms with Gasteiger partial charge in [0.25, 0.3) is 5.56 Å². The summed E-state index contributed by atoms with van der Waals surface area (Å²) in [7, 11) is 0. The van der Waals surface area contributed by atoms with Gasteiger partial charge < -0.3 is 10.6 Å². The predicted molar refractivity (Wildman–Crippen MR) is 75.7 cm³/mol. The zero-order valence-electron chi connectivity index (χ0n) is 11.1. The van der Waals surface area contributed by atoms with E-state index in [1.165, 1.54) is 17.5 Å². The van der Waals surface area contributed by atoms with Crippen LogP contribution in [0.15, 0.2) is 11.0 Å². The van der Waals surface area contributed by atoms with Gasteiger partial charge >= 0.3 is 0 Å². The van der Waals surface area contributed by atoms with Crippen molar-refractivity contribution in [2.45, 2.75) is 38.3 Å². The molecule has 2 fully saturated rings. The second-order valence-electron chi connectivity index (χ2n) is 5.91. The molecule has 1 unspecified atom stereocenters. The summed E-state index contributed by atoms with van der Waals surface area (Å²) in [5.74, 6) is 0.614. The van der Waals surface area contributed by atoms with E-state index >= 15 is 0 Å². The van der Waals surface area contributed by atoms with Crippen LogP contribution in [0.4, 0.5) is 5.69 Å². The zero-order valence-corrected chi connectivity index (χ0v) is 11.8. The third-order valence-corrected chi connectivity index (χ3v) is 4.21. The summed E-state index contributed by atoms with van der Waals surface area (Å²) in [6, 6.07) is 0. The monoisotopic (exact) mass is 282 g/mol. The van der Waals surface area contributed by atoms with E-state index in [2.05, 4.69) is 22.7 Å². The Bertz CT molecular complexity index is 532. The Hall–Kier alpha value is -1.07. The van der Waals surface area contributed by atoms with Crippen LogP contribution in [0.3, 0.4) is 0 Å². The standard InChI is InChI=1S/C13H19ClN4O/c1-13(4-5-15-8-13)17-11-10(14)6-16-18(12(11)19)7-9-2-3-9/h6,9,15,17H,2-5,7-8H2,1H3. The molecule has 0 amide bonds. The van der Waals surface area contributed by atoms with Crippen molar-refractivity contribution in [1.82, 2.24) is 15.1 Å². The highest BCUT2D eigenvalue weighted by Crippen LogP contribution is 2.30. The molecule has 0 bridgehead atoms. The van der Waals surface area contributed by atoms with Gasteiger partial charge in [0, 0.05) is 18.6 Å². The maximum absolute atomic E-state index is 12.4. The van der Waals surface area contributed by atoms with E-state index in [9.17, 15) is 4.79 Å². The van der Waals surface area contributed by atoms with E-state index in [0.29, 0.717) is 23.2 Å². The third kappa shape index (κ3) is 2.77. The van der Waals surface area contributed by atoms with Crippen LogP contribution in [0.25, 0.3) is 0 Å². The molecule has 2 aliphatic rings. The number of aromatic nitrogens is 2. The Kier molecular flexibility index (Phi) is 3.27. The Balaban J connectivity index is 1.88. The summed E-state index contributed by atoms with van der Waals surface area (Å²) in [5.41, 5.74) is 0.276. The SMILES string of the molecule is CC1(Nc2c(Cl)cnn(CC3CC3)c2=O)CCNC1. The van der Waals surface area contributed by atoms with Gasteiger partial charge in [-0.15, -0.1) is 0 Å². The average molecular weight is 283 g/mol. The van der Waals surface area contributed by atoms with Crippen molar-refractivity contribution < 1.29 is 0 Å². The molecular weight excluding hydrogens is 264 g/mol. The van der Waals surface area contributed by atoms with Gasteiger partial charge in [0.1, 0.15) is 5.69 Å². The number of anilines is 1. The van der Waals surface area contributed by atoms with Crippen LogP contribution in [-0.4, -0.2) is 28.4 Å². The molecule has 5 nitrogen and oxygen atoms in total. The van der Waals surface area contributed by atoms with Gasteiger partial charge in [0.15, 0.2) is 0 Å². The molecule has 1 saturated carbocycles. The van der Waals surface area contributed by atoms with E-state index < -0.39 is 0 Å². The Morgan fingerprint density at radius 1 is 1.63 bits per heavy atom. The lowest BCUT2D eigenvalue weighted by Crippen LogP contribution is -2.40. The fraction of sp³-hybridized carbons (Fsp3) is 0.692. The smallest absolute Gasteiger partial charge is 0.291 e. The van der Waals surface area contributed by atoms with Crippen LogP contribution in [0.5, 0.6) is 0 Å². The fourth-order valence-corrected chi connectivity index (χ4v) is 2.65. The number of hydrogen-bond acceptors (Lipinski definition) is 4. The molecule has 19 heavy (non-hydrogen) atoms.